The molecule has 9 nitrogen and oxygen atoms in total. The number of nitrogens with zero attached hydrogens (tertiary/aromatic N) is 2. The molecular formula is C18H17Br2ClFN3O6. The fraction of sp³-hybridized carbons (Fsp3) is 0.222. The highest BCUT2D eigenvalue weighted by Gasteiger charge is 2.50. The van der Waals surface area contributed by atoms with Crippen LogP contribution in [0.15, 0.2) is 50.2 Å². The van der Waals surface area contributed by atoms with Crippen molar-refractivity contribution in [1.82, 2.24) is 9.13 Å². The molecule has 6 N–H and O–H groups in total. The molecule has 0 unspecified atom stereocenters. The van der Waals surface area contributed by atoms with Gasteiger partial charge in [0.1, 0.15) is 5.83 Å². The van der Waals surface area contributed by atoms with Crippen molar-refractivity contribution in [3.05, 3.63) is 61.4 Å². The van der Waals surface area contributed by atoms with Crippen molar-refractivity contribution in [3.63, 3.8) is 0 Å². The van der Waals surface area contributed by atoms with Crippen LogP contribution < -0.4 is 5.62 Å². The summed E-state index contributed by atoms with van der Waals surface area (Å²) in [4.78, 5) is 13.2. The summed E-state index contributed by atoms with van der Waals surface area (Å²) in [6.07, 6.45) is 2.22. The average molecular weight is 586 g/mol. The molecule has 2 rings (SSSR count). The number of hydrogen-bond donors (Lipinski definition) is 6. The molecule has 13 heteroatoms. The minimum atomic E-state index is -4.04. The fourth-order valence-corrected chi connectivity index (χ4v) is 4.68. The molecule has 0 aliphatic carbocycles. The Morgan fingerprint density at radius 2 is 1.84 bits per heavy atom. The highest BCUT2D eigenvalue weighted by Crippen LogP contribution is 2.38. The van der Waals surface area contributed by atoms with Crippen molar-refractivity contribution in [1.29, 1.82) is 5.41 Å². The van der Waals surface area contributed by atoms with Crippen LogP contribution in [0.5, 0.6) is 0 Å². The van der Waals surface area contributed by atoms with Gasteiger partial charge in [0.15, 0.2) is 5.78 Å². The summed E-state index contributed by atoms with van der Waals surface area (Å²) >= 11 is 12.5. The minimum absolute atomic E-state index is 0.0304. The SMILES string of the molecule is C=C(F)/C=C(C(=O)c1c(Br)cc2c(c1Br)n(C)c(=N)n2C(O)(O)C(O)(O)O)\C(Cl)=C/C. The van der Waals surface area contributed by atoms with E-state index in [1.165, 1.54) is 26.1 Å². The van der Waals surface area contributed by atoms with E-state index >= 15 is 0 Å². The van der Waals surface area contributed by atoms with Crippen LogP contribution in [0.25, 0.3) is 11.0 Å². The number of aromatic nitrogens is 2. The van der Waals surface area contributed by atoms with E-state index < -0.39 is 29.1 Å². The van der Waals surface area contributed by atoms with Crippen molar-refractivity contribution >= 4 is 60.3 Å². The molecule has 0 bridgehead atoms. The van der Waals surface area contributed by atoms with Crippen LogP contribution >= 0.6 is 43.5 Å². The Hall–Kier alpha value is -1.64. The molecule has 0 saturated carbocycles. The van der Waals surface area contributed by atoms with Gasteiger partial charge in [-0.3, -0.25) is 14.8 Å². The number of rotatable bonds is 6. The predicted molar refractivity (Wildman–Crippen MR) is 116 cm³/mol. The Bertz CT molecular complexity index is 1220. The minimum Gasteiger partial charge on any atom is -0.342 e. The summed E-state index contributed by atoms with van der Waals surface area (Å²) < 4.78 is 14.9. The number of Topliss-reactive ketones (excluding diaryl/α,β-unsaturated/α-hetero) is 1. The van der Waals surface area contributed by atoms with Gasteiger partial charge in [-0.15, -0.1) is 0 Å². The van der Waals surface area contributed by atoms with E-state index in [4.69, 9.17) is 17.0 Å². The molecule has 2 aromatic rings. The number of carbonyl (C=O) groups is 1. The number of allylic oxidation sites excluding steroid dienone is 5. The number of imidazole rings is 1. The fourth-order valence-electron chi connectivity index (χ4n) is 2.82. The van der Waals surface area contributed by atoms with Crippen LogP contribution in [-0.2, 0) is 13.0 Å². The molecule has 0 aliphatic rings. The monoisotopic (exact) mass is 583 g/mol. The largest absolute Gasteiger partial charge is 0.355 e. The summed E-state index contributed by atoms with van der Waals surface area (Å²) in [5.74, 6) is -9.43. The highest BCUT2D eigenvalue weighted by atomic mass is 79.9. The summed E-state index contributed by atoms with van der Waals surface area (Å²) in [5.41, 5.74) is -1.12. The number of aliphatic hydroxyl groups is 5. The maximum atomic E-state index is 13.5. The van der Waals surface area contributed by atoms with Gasteiger partial charge in [-0.25, -0.2) is 4.39 Å². The maximum Gasteiger partial charge on any atom is 0.355 e. The van der Waals surface area contributed by atoms with Crippen molar-refractivity contribution in [2.75, 3.05) is 0 Å². The maximum absolute atomic E-state index is 13.5. The van der Waals surface area contributed by atoms with E-state index in [2.05, 4.69) is 38.4 Å². The zero-order valence-corrected chi connectivity index (χ0v) is 19.9. The molecular weight excluding hydrogens is 568 g/mol. The Balaban J connectivity index is 2.96. The van der Waals surface area contributed by atoms with Gasteiger partial charge in [0, 0.05) is 22.1 Å². The van der Waals surface area contributed by atoms with Crippen molar-refractivity contribution < 1.29 is 34.7 Å². The number of fused-ring (bicyclic) bond motifs is 1. The molecule has 168 valence electrons. The molecule has 1 heterocycles. The molecule has 31 heavy (non-hydrogen) atoms. The van der Waals surface area contributed by atoms with E-state index in [0.717, 1.165) is 10.6 Å². The van der Waals surface area contributed by atoms with Gasteiger partial charge >= 0.3 is 11.9 Å². The number of aryl methyl sites for hydroxylation is 1. The Labute approximate surface area is 196 Å². The number of ketones is 1. The predicted octanol–water partition coefficient (Wildman–Crippen LogP) is 1.94. The summed E-state index contributed by atoms with van der Waals surface area (Å²) in [5, 5.41) is 56.4. The molecule has 1 aromatic heterocycles. The third kappa shape index (κ3) is 4.34. The lowest BCUT2D eigenvalue weighted by Crippen LogP contribution is -2.58. The van der Waals surface area contributed by atoms with Crippen LogP contribution in [-0.4, -0.2) is 46.4 Å². The topological polar surface area (TPSA) is 152 Å². The second kappa shape index (κ2) is 8.71. The molecule has 0 aliphatic heterocycles. The van der Waals surface area contributed by atoms with Gasteiger partial charge in [0.05, 0.1) is 21.1 Å². The summed E-state index contributed by atoms with van der Waals surface area (Å²) in [7, 11) is 1.32. The van der Waals surface area contributed by atoms with Crippen LogP contribution in [0.1, 0.15) is 17.3 Å². The number of halogens is 4. The lowest BCUT2D eigenvalue weighted by atomic mass is 10.0. The highest BCUT2D eigenvalue weighted by molar-refractivity contribution is 9.11. The second-order valence-corrected chi connectivity index (χ2v) is 8.43. The van der Waals surface area contributed by atoms with Gasteiger partial charge in [0.25, 0.3) is 0 Å². The number of hydrogen-bond acceptors (Lipinski definition) is 7. The number of carbonyl (C=O) groups excluding carboxylic acids is 1. The smallest absolute Gasteiger partial charge is 0.342 e. The van der Waals surface area contributed by atoms with Crippen LogP contribution in [0.2, 0.25) is 0 Å². The number of nitrogens with one attached hydrogen (secondary N) is 1. The first-order valence-electron chi connectivity index (χ1n) is 8.27. The van der Waals surface area contributed by atoms with Gasteiger partial charge < -0.3 is 30.1 Å². The number of benzene rings is 1. The molecule has 0 fully saturated rings. The Morgan fingerprint density at radius 3 is 2.29 bits per heavy atom. The molecule has 1 aromatic carbocycles. The van der Waals surface area contributed by atoms with E-state index in [0.29, 0.717) is 4.57 Å². The van der Waals surface area contributed by atoms with Crippen molar-refractivity contribution in [3.8, 4) is 0 Å². The van der Waals surface area contributed by atoms with Crippen molar-refractivity contribution in [2.24, 2.45) is 7.05 Å². The first-order valence-corrected chi connectivity index (χ1v) is 10.2. The molecule has 0 spiro atoms. The first kappa shape index (κ1) is 25.6. The van der Waals surface area contributed by atoms with Crippen molar-refractivity contribution in [2.45, 2.75) is 18.8 Å². The van der Waals surface area contributed by atoms with Gasteiger partial charge in [-0.05, 0) is 50.9 Å². The van der Waals surface area contributed by atoms with Crippen LogP contribution in [0.4, 0.5) is 4.39 Å². The standard InChI is InChI=1S/C18H17Br2ClFN3O6/c1-4-10(21)8(5-7(2)22)15(26)12-9(19)6-11-14(13(12)20)24(3)16(23)25(11)17(27,28)18(29,30)31/h4-6,23,27-31H,2H2,1,3H3/b8-5+,10-4+,23-16?. The van der Waals surface area contributed by atoms with Gasteiger partial charge in [-0.1, -0.05) is 24.3 Å². The third-order valence-electron chi connectivity index (χ3n) is 4.32. The third-order valence-corrected chi connectivity index (χ3v) is 6.14. The van der Waals surface area contributed by atoms with E-state index in [1.807, 2.05) is 0 Å². The molecule has 0 saturated heterocycles. The molecule has 0 radical (unpaired) electrons. The Morgan fingerprint density at radius 1 is 1.29 bits per heavy atom. The lowest BCUT2D eigenvalue weighted by molar-refractivity contribution is -0.480. The van der Waals surface area contributed by atoms with Gasteiger partial charge in [0.2, 0.25) is 5.62 Å². The first-order chi connectivity index (χ1) is 14.1. The zero-order valence-electron chi connectivity index (χ0n) is 16.0. The van der Waals surface area contributed by atoms with Crippen LogP contribution in [0.3, 0.4) is 0 Å². The zero-order chi connectivity index (χ0) is 24.0. The van der Waals surface area contributed by atoms with Crippen LogP contribution in [0, 0.1) is 5.41 Å². The Kier molecular flexibility index (Phi) is 7.20. The van der Waals surface area contributed by atoms with E-state index in [1.54, 1.807) is 0 Å². The molecule has 0 amide bonds. The molecule has 0 atom stereocenters. The van der Waals surface area contributed by atoms with E-state index in [9.17, 15) is 34.7 Å². The van der Waals surface area contributed by atoms with Gasteiger partial charge in [-0.2, -0.15) is 0 Å². The quantitative estimate of drug-likeness (QED) is 0.132. The normalized spacial score (nSPS) is 13.8. The average Bonchev–Trinajstić information content (AvgIpc) is 2.88. The second-order valence-electron chi connectivity index (χ2n) is 6.37. The summed E-state index contributed by atoms with van der Waals surface area (Å²) in [6, 6.07) is 1.17. The van der Waals surface area contributed by atoms with E-state index in [-0.39, 0.29) is 36.1 Å². The summed E-state index contributed by atoms with van der Waals surface area (Å²) in [6.45, 7) is 4.64. The lowest BCUT2D eigenvalue weighted by Gasteiger charge is -2.30.